The minimum atomic E-state index is -0.988. The topological polar surface area (TPSA) is 119 Å². The highest BCUT2D eigenvalue weighted by Gasteiger charge is 2.36. The molecule has 0 unspecified atom stereocenters. The molecular weight excluding hydrogens is 508 g/mol. The molecule has 1 heterocycles. The minimum Gasteiger partial charge on any atom is -0.489 e. The number of nitro benzene ring substituents is 1. The molecule has 1 fully saturated rings. The second kappa shape index (κ2) is 11.0. The van der Waals surface area contributed by atoms with E-state index in [-0.39, 0.29) is 22.9 Å². The van der Waals surface area contributed by atoms with Crippen molar-refractivity contribution in [3.05, 3.63) is 105 Å². The van der Waals surface area contributed by atoms with Crippen molar-refractivity contribution in [1.29, 1.82) is 0 Å². The highest BCUT2D eigenvalue weighted by molar-refractivity contribution is 8.18. The van der Waals surface area contributed by atoms with Crippen LogP contribution in [0.15, 0.2) is 71.6 Å². The number of ether oxygens (including phenoxy) is 1. The number of carbonyl (C=O) groups is 3. The molecule has 0 saturated carbocycles. The van der Waals surface area contributed by atoms with E-state index in [4.69, 9.17) is 4.74 Å². The van der Waals surface area contributed by atoms with Gasteiger partial charge in [0.25, 0.3) is 16.8 Å². The summed E-state index contributed by atoms with van der Waals surface area (Å²) >= 11 is 0.649. The number of hydrogen-bond donors (Lipinski definition) is 1. The number of anilines is 1. The molecule has 37 heavy (non-hydrogen) atoms. The van der Waals surface area contributed by atoms with Gasteiger partial charge in [-0.3, -0.25) is 29.4 Å². The van der Waals surface area contributed by atoms with Crippen molar-refractivity contribution in [2.24, 2.45) is 0 Å². The summed E-state index contributed by atoms with van der Waals surface area (Å²) in [6.07, 6.45) is 1.47. The Hall–Kier alpha value is -4.58. The van der Waals surface area contributed by atoms with Gasteiger partial charge in [-0.1, -0.05) is 12.1 Å². The molecule has 3 aromatic rings. The molecule has 0 spiro atoms. The second-order valence-electron chi connectivity index (χ2n) is 7.72. The van der Waals surface area contributed by atoms with Crippen LogP contribution in [0.3, 0.4) is 0 Å². The quantitative estimate of drug-likeness (QED) is 0.246. The number of nitro groups is 1. The van der Waals surface area contributed by atoms with Crippen LogP contribution >= 0.6 is 11.8 Å². The smallest absolute Gasteiger partial charge is 0.294 e. The Balaban J connectivity index is 1.39. The Morgan fingerprint density at radius 1 is 1.08 bits per heavy atom. The van der Waals surface area contributed by atoms with Crippen LogP contribution in [0.1, 0.15) is 11.1 Å². The summed E-state index contributed by atoms with van der Waals surface area (Å²) in [5, 5.41) is 12.3. The maximum Gasteiger partial charge on any atom is 0.294 e. The number of carbonyl (C=O) groups excluding carboxylic acids is 3. The Labute approximate surface area is 212 Å². The number of non-ortho nitro benzene ring substituents is 1. The van der Waals surface area contributed by atoms with Gasteiger partial charge in [0.15, 0.2) is 0 Å². The maximum absolute atomic E-state index is 13.8. The number of imide groups is 1. The number of hydrogen-bond acceptors (Lipinski definition) is 7. The van der Waals surface area contributed by atoms with Crippen molar-refractivity contribution in [3.63, 3.8) is 0 Å². The molecule has 0 radical (unpaired) electrons. The number of thioether (sulfide) groups is 1. The molecule has 0 bridgehead atoms. The first-order valence-electron chi connectivity index (χ1n) is 10.7. The average molecular weight is 525 g/mol. The zero-order valence-electron chi connectivity index (χ0n) is 18.9. The Morgan fingerprint density at radius 3 is 2.54 bits per heavy atom. The van der Waals surface area contributed by atoms with Crippen LogP contribution in [0, 0.1) is 21.7 Å². The van der Waals surface area contributed by atoms with Gasteiger partial charge in [-0.05, 0) is 65.4 Å². The Morgan fingerprint density at radius 2 is 1.84 bits per heavy atom. The van der Waals surface area contributed by atoms with Gasteiger partial charge >= 0.3 is 0 Å². The summed E-state index contributed by atoms with van der Waals surface area (Å²) in [6, 6.07) is 15.2. The highest BCUT2D eigenvalue weighted by atomic mass is 32.2. The summed E-state index contributed by atoms with van der Waals surface area (Å²) in [5.74, 6) is -2.85. The lowest BCUT2D eigenvalue weighted by atomic mass is 10.2. The van der Waals surface area contributed by atoms with Gasteiger partial charge in [0.1, 0.15) is 30.5 Å². The molecule has 12 heteroatoms. The summed E-state index contributed by atoms with van der Waals surface area (Å²) in [4.78, 5) is 48.4. The number of nitrogens with one attached hydrogen (secondary N) is 1. The van der Waals surface area contributed by atoms with Crippen molar-refractivity contribution in [3.8, 4) is 5.75 Å². The van der Waals surface area contributed by atoms with Gasteiger partial charge in [-0.15, -0.1) is 0 Å². The summed E-state index contributed by atoms with van der Waals surface area (Å²) < 4.78 is 32.5. The number of halogens is 2. The highest BCUT2D eigenvalue weighted by Crippen LogP contribution is 2.32. The van der Waals surface area contributed by atoms with E-state index >= 15 is 0 Å². The molecule has 1 saturated heterocycles. The van der Waals surface area contributed by atoms with Crippen molar-refractivity contribution < 1.29 is 32.8 Å². The van der Waals surface area contributed by atoms with Gasteiger partial charge in [0, 0.05) is 18.2 Å². The lowest BCUT2D eigenvalue weighted by molar-refractivity contribution is -0.384. The number of rotatable bonds is 8. The first-order valence-corrected chi connectivity index (χ1v) is 11.5. The van der Waals surface area contributed by atoms with Crippen LogP contribution in [-0.4, -0.2) is 33.4 Å². The van der Waals surface area contributed by atoms with Crippen molar-refractivity contribution in [2.75, 3.05) is 11.9 Å². The van der Waals surface area contributed by atoms with Gasteiger partial charge in [-0.25, -0.2) is 8.78 Å². The van der Waals surface area contributed by atoms with Crippen LogP contribution in [0.5, 0.6) is 5.75 Å². The van der Waals surface area contributed by atoms with E-state index in [0.29, 0.717) is 29.1 Å². The lowest BCUT2D eigenvalue weighted by Gasteiger charge is -2.12. The van der Waals surface area contributed by atoms with Gasteiger partial charge in [-0.2, -0.15) is 0 Å². The predicted octanol–water partition coefficient (Wildman–Crippen LogP) is 5.13. The summed E-state index contributed by atoms with van der Waals surface area (Å²) in [7, 11) is 0. The molecule has 188 valence electrons. The third-order valence-corrected chi connectivity index (χ3v) is 6.00. The molecule has 1 aliphatic rings. The van der Waals surface area contributed by atoms with Crippen LogP contribution < -0.4 is 10.1 Å². The largest absolute Gasteiger partial charge is 0.489 e. The zero-order valence-corrected chi connectivity index (χ0v) is 19.7. The summed E-state index contributed by atoms with van der Waals surface area (Å²) in [6.45, 7) is -0.487. The van der Waals surface area contributed by atoms with E-state index in [9.17, 15) is 33.3 Å². The van der Waals surface area contributed by atoms with E-state index in [1.165, 1.54) is 18.2 Å². The van der Waals surface area contributed by atoms with E-state index in [1.807, 2.05) is 0 Å². The first-order chi connectivity index (χ1) is 17.7. The average Bonchev–Trinajstić information content (AvgIpc) is 3.12. The maximum atomic E-state index is 13.8. The first kappa shape index (κ1) is 25.5. The number of nitrogens with zero attached hydrogens (tertiary/aromatic N) is 2. The third kappa shape index (κ3) is 6.35. The minimum absolute atomic E-state index is 0.0280. The van der Waals surface area contributed by atoms with E-state index < -0.39 is 40.2 Å². The van der Waals surface area contributed by atoms with Crippen LogP contribution in [-0.2, 0) is 16.2 Å². The van der Waals surface area contributed by atoms with Crippen LogP contribution in [0.4, 0.5) is 25.0 Å². The molecule has 3 aromatic carbocycles. The molecule has 0 atom stereocenters. The van der Waals surface area contributed by atoms with Crippen molar-refractivity contribution >= 4 is 46.3 Å². The van der Waals surface area contributed by atoms with Crippen LogP contribution in [0.2, 0.25) is 0 Å². The molecule has 4 rings (SSSR count). The lowest BCUT2D eigenvalue weighted by Crippen LogP contribution is -2.36. The predicted molar refractivity (Wildman–Crippen MR) is 132 cm³/mol. The molecule has 1 aliphatic heterocycles. The molecule has 0 aliphatic carbocycles. The van der Waals surface area contributed by atoms with Gasteiger partial charge in [0.2, 0.25) is 5.91 Å². The van der Waals surface area contributed by atoms with Crippen molar-refractivity contribution in [1.82, 2.24) is 4.90 Å². The number of benzene rings is 3. The van der Waals surface area contributed by atoms with Gasteiger partial charge < -0.3 is 10.1 Å². The molecule has 9 nitrogen and oxygen atoms in total. The zero-order chi connectivity index (χ0) is 26.5. The third-order valence-electron chi connectivity index (χ3n) is 5.09. The molecule has 0 aromatic heterocycles. The SMILES string of the molecule is O=C(CN1C(=O)S/C(=C/c2cccc(OCc3ccc([N+](=O)[O-])cc3)c2)C1=O)Nc1ccc(F)cc1F. The van der Waals surface area contributed by atoms with E-state index in [2.05, 4.69) is 5.32 Å². The molecular formula is C25H17F2N3O6S. The van der Waals surface area contributed by atoms with Gasteiger partial charge in [0.05, 0.1) is 15.5 Å². The standard InChI is InChI=1S/C25H17F2N3O6S/c26-17-6-9-21(20(27)12-17)28-23(31)13-29-24(32)22(37-25(29)33)11-16-2-1-3-19(10-16)36-14-15-4-7-18(8-5-15)30(34)35/h1-12H,13-14H2,(H,28,31)/b22-11+. The van der Waals surface area contributed by atoms with Crippen LogP contribution in [0.25, 0.3) is 6.08 Å². The second-order valence-corrected chi connectivity index (χ2v) is 8.72. The fraction of sp³-hybridized carbons (Fsp3) is 0.0800. The molecule has 3 amide bonds. The fourth-order valence-corrected chi connectivity index (χ4v) is 4.12. The van der Waals surface area contributed by atoms with E-state index in [1.54, 1.807) is 36.4 Å². The summed E-state index contributed by atoms with van der Waals surface area (Å²) in [5.41, 5.74) is 0.972. The monoisotopic (exact) mass is 525 g/mol. The Bertz CT molecular complexity index is 1430. The normalized spacial score (nSPS) is 14.2. The Kier molecular flexibility index (Phi) is 7.58. The van der Waals surface area contributed by atoms with Crippen molar-refractivity contribution in [2.45, 2.75) is 6.61 Å². The molecule has 1 N–H and O–H groups in total. The fourth-order valence-electron chi connectivity index (χ4n) is 3.29. The number of amides is 3. The van der Waals surface area contributed by atoms with E-state index in [0.717, 1.165) is 22.6 Å².